The molecule has 2 aliphatic carbocycles. The zero-order chi connectivity index (χ0) is 13.7. The summed E-state index contributed by atoms with van der Waals surface area (Å²) in [5, 5.41) is 0. The number of hydrogen-bond acceptors (Lipinski definition) is 1. The van der Waals surface area contributed by atoms with E-state index in [0.29, 0.717) is 11.5 Å². The smallest absolute Gasteiger partial charge is 0.123 e. The van der Waals surface area contributed by atoms with Gasteiger partial charge in [-0.15, -0.1) is 11.6 Å². The molecule has 1 aliphatic heterocycles. The molecule has 0 radical (unpaired) electrons. The second kappa shape index (κ2) is 4.66. The molecule has 4 atom stereocenters. The van der Waals surface area contributed by atoms with Gasteiger partial charge in [-0.1, -0.05) is 24.1 Å². The van der Waals surface area contributed by atoms with Crippen LogP contribution in [0, 0.1) is 24.2 Å². The van der Waals surface area contributed by atoms with Crippen LogP contribution in [-0.2, 0) is 6.42 Å². The second-order valence-electron chi connectivity index (χ2n) is 7.34. The van der Waals surface area contributed by atoms with Gasteiger partial charge in [-0.2, -0.15) is 0 Å². The van der Waals surface area contributed by atoms with Crippen molar-refractivity contribution in [2.75, 3.05) is 5.88 Å². The molecule has 1 aromatic carbocycles. The Morgan fingerprint density at radius 2 is 2.25 bits per heavy atom. The van der Waals surface area contributed by atoms with Crippen molar-refractivity contribution >= 4 is 11.6 Å². The standard InChI is InChI=1S/C18H23ClO/c1-12-2-5-17-14(6-12)8-16(20-17)10-18(11-19)9-13-3-4-15(18)7-13/h2,5-6,13,15-16H,3-4,7-11H2,1H3. The lowest BCUT2D eigenvalue weighted by molar-refractivity contribution is 0.0997. The van der Waals surface area contributed by atoms with Gasteiger partial charge in [0.1, 0.15) is 11.9 Å². The molecule has 2 saturated carbocycles. The first-order chi connectivity index (χ1) is 9.68. The van der Waals surface area contributed by atoms with Gasteiger partial charge in [0.15, 0.2) is 0 Å². The van der Waals surface area contributed by atoms with Gasteiger partial charge >= 0.3 is 0 Å². The Kier molecular flexibility index (Phi) is 3.03. The van der Waals surface area contributed by atoms with Gasteiger partial charge in [-0.3, -0.25) is 0 Å². The van der Waals surface area contributed by atoms with E-state index in [0.717, 1.165) is 36.3 Å². The van der Waals surface area contributed by atoms with Crippen molar-refractivity contribution in [2.45, 2.75) is 51.6 Å². The lowest BCUT2D eigenvalue weighted by Gasteiger charge is -2.37. The van der Waals surface area contributed by atoms with Gasteiger partial charge in [0, 0.05) is 12.3 Å². The summed E-state index contributed by atoms with van der Waals surface area (Å²) in [6.07, 6.45) is 8.19. The molecule has 0 amide bonds. The van der Waals surface area contributed by atoms with Crippen LogP contribution in [0.15, 0.2) is 18.2 Å². The normalized spacial score (nSPS) is 38.0. The zero-order valence-electron chi connectivity index (χ0n) is 12.2. The minimum atomic E-state index is 0.352. The maximum absolute atomic E-state index is 6.42. The van der Waals surface area contributed by atoms with Crippen LogP contribution in [-0.4, -0.2) is 12.0 Å². The molecule has 20 heavy (non-hydrogen) atoms. The third kappa shape index (κ3) is 1.97. The third-order valence-electron chi connectivity index (χ3n) is 5.96. The molecule has 1 nitrogen and oxygen atoms in total. The molecule has 0 spiro atoms. The van der Waals surface area contributed by atoms with Crippen LogP contribution >= 0.6 is 11.6 Å². The minimum absolute atomic E-state index is 0.352. The highest BCUT2D eigenvalue weighted by atomic mass is 35.5. The SMILES string of the molecule is Cc1ccc2c(c1)CC(CC1(CCl)CC3CCC1C3)O2. The first-order valence-corrected chi connectivity index (χ1v) is 8.54. The van der Waals surface area contributed by atoms with Crippen LogP contribution < -0.4 is 4.74 Å². The highest BCUT2D eigenvalue weighted by molar-refractivity contribution is 6.18. The number of rotatable bonds is 3. The predicted molar refractivity (Wildman–Crippen MR) is 82.5 cm³/mol. The third-order valence-corrected chi connectivity index (χ3v) is 6.49. The number of hydrogen-bond donors (Lipinski definition) is 0. The molecule has 3 aliphatic rings. The highest BCUT2D eigenvalue weighted by Gasteiger charge is 2.51. The summed E-state index contributed by atoms with van der Waals surface area (Å²) in [6.45, 7) is 2.16. The van der Waals surface area contributed by atoms with E-state index in [1.807, 2.05) is 0 Å². The van der Waals surface area contributed by atoms with Crippen molar-refractivity contribution in [2.24, 2.45) is 17.3 Å². The van der Waals surface area contributed by atoms with Crippen LogP contribution in [0.3, 0.4) is 0 Å². The van der Waals surface area contributed by atoms with E-state index >= 15 is 0 Å². The number of fused-ring (bicyclic) bond motifs is 3. The molecular formula is C18H23ClO. The van der Waals surface area contributed by atoms with E-state index in [1.54, 1.807) is 0 Å². The fraction of sp³-hybridized carbons (Fsp3) is 0.667. The van der Waals surface area contributed by atoms with Crippen molar-refractivity contribution in [1.29, 1.82) is 0 Å². The topological polar surface area (TPSA) is 9.23 Å². The van der Waals surface area contributed by atoms with E-state index in [-0.39, 0.29) is 0 Å². The van der Waals surface area contributed by atoms with Crippen LogP contribution in [0.2, 0.25) is 0 Å². The molecule has 2 fully saturated rings. The quantitative estimate of drug-likeness (QED) is 0.731. The average molecular weight is 291 g/mol. The molecule has 2 heteroatoms. The molecule has 1 heterocycles. The monoisotopic (exact) mass is 290 g/mol. The van der Waals surface area contributed by atoms with E-state index in [2.05, 4.69) is 25.1 Å². The Labute approximate surface area is 126 Å². The maximum atomic E-state index is 6.42. The van der Waals surface area contributed by atoms with Gasteiger partial charge in [0.2, 0.25) is 0 Å². The van der Waals surface area contributed by atoms with E-state index < -0.39 is 0 Å². The molecule has 0 saturated heterocycles. The molecule has 4 rings (SSSR count). The summed E-state index contributed by atoms with van der Waals surface area (Å²) in [5.74, 6) is 3.74. The lowest BCUT2D eigenvalue weighted by atomic mass is 9.70. The van der Waals surface area contributed by atoms with Crippen molar-refractivity contribution in [1.82, 2.24) is 0 Å². The summed E-state index contributed by atoms with van der Waals surface area (Å²) in [5.41, 5.74) is 3.09. The highest BCUT2D eigenvalue weighted by Crippen LogP contribution is 2.59. The van der Waals surface area contributed by atoms with E-state index in [9.17, 15) is 0 Å². The summed E-state index contributed by atoms with van der Waals surface area (Å²) in [7, 11) is 0. The number of benzene rings is 1. The predicted octanol–water partition coefficient (Wildman–Crippen LogP) is 4.73. The maximum Gasteiger partial charge on any atom is 0.123 e. The molecular weight excluding hydrogens is 268 g/mol. The fourth-order valence-electron chi connectivity index (χ4n) is 5.04. The van der Waals surface area contributed by atoms with Crippen LogP contribution in [0.5, 0.6) is 5.75 Å². The van der Waals surface area contributed by atoms with Gasteiger partial charge in [-0.25, -0.2) is 0 Å². The summed E-state index contributed by atoms with van der Waals surface area (Å²) in [4.78, 5) is 0. The van der Waals surface area contributed by atoms with Gasteiger partial charge in [0.25, 0.3) is 0 Å². The fourth-order valence-corrected chi connectivity index (χ4v) is 5.48. The summed E-state index contributed by atoms with van der Waals surface area (Å²) < 4.78 is 6.20. The zero-order valence-corrected chi connectivity index (χ0v) is 13.0. The molecule has 4 unspecified atom stereocenters. The number of halogens is 1. The van der Waals surface area contributed by atoms with Crippen molar-refractivity contribution in [3.8, 4) is 5.75 Å². The Morgan fingerprint density at radius 1 is 1.35 bits per heavy atom. The Bertz CT molecular complexity index is 526. The average Bonchev–Trinajstić information content (AvgIpc) is 3.11. The minimum Gasteiger partial charge on any atom is -0.490 e. The Morgan fingerprint density at radius 3 is 2.95 bits per heavy atom. The molecule has 1 aromatic rings. The lowest BCUT2D eigenvalue weighted by Crippen LogP contribution is -2.35. The van der Waals surface area contributed by atoms with Crippen molar-refractivity contribution in [3.63, 3.8) is 0 Å². The van der Waals surface area contributed by atoms with Crippen LogP contribution in [0.1, 0.15) is 43.2 Å². The largest absolute Gasteiger partial charge is 0.490 e. The van der Waals surface area contributed by atoms with Crippen molar-refractivity contribution in [3.05, 3.63) is 29.3 Å². The van der Waals surface area contributed by atoms with Crippen LogP contribution in [0.4, 0.5) is 0 Å². The number of alkyl halides is 1. The van der Waals surface area contributed by atoms with E-state index in [4.69, 9.17) is 16.3 Å². The second-order valence-corrected chi connectivity index (χ2v) is 7.60. The van der Waals surface area contributed by atoms with Gasteiger partial charge in [0.05, 0.1) is 0 Å². The molecule has 0 N–H and O–H groups in total. The summed E-state index contributed by atoms with van der Waals surface area (Å²) >= 11 is 6.42. The molecule has 108 valence electrons. The van der Waals surface area contributed by atoms with Crippen molar-refractivity contribution < 1.29 is 4.74 Å². The Hall–Kier alpha value is -0.690. The van der Waals surface area contributed by atoms with Gasteiger partial charge < -0.3 is 4.74 Å². The Balaban J connectivity index is 1.51. The van der Waals surface area contributed by atoms with Crippen LogP contribution in [0.25, 0.3) is 0 Å². The van der Waals surface area contributed by atoms with Gasteiger partial charge in [-0.05, 0) is 61.5 Å². The van der Waals surface area contributed by atoms with E-state index in [1.165, 1.54) is 36.8 Å². The first-order valence-electron chi connectivity index (χ1n) is 8.01. The number of aryl methyl sites for hydroxylation is 1. The molecule has 2 bridgehead atoms. The molecule has 0 aromatic heterocycles. The first kappa shape index (κ1) is 13.0. The number of ether oxygens (including phenoxy) is 1. The summed E-state index contributed by atoms with van der Waals surface area (Å²) in [6, 6.07) is 6.57.